The number of fused-ring (bicyclic) bond motifs is 2. The molecule has 4 heteroatoms. The summed E-state index contributed by atoms with van der Waals surface area (Å²) in [5.74, 6) is 0.844. The fraction of sp³-hybridized carbons (Fsp3) is 0.208. The van der Waals surface area contributed by atoms with Crippen molar-refractivity contribution in [2.75, 3.05) is 6.54 Å². The number of allylic oxidation sites excluding steroid dienone is 6. The maximum Gasteiger partial charge on any atom is 0.269 e. The number of rotatable bonds is 3. The molecule has 0 aromatic heterocycles. The molecule has 0 saturated carbocycles. The van der Waals surface area contributed by atoms with Gasteiger partial charge in [0.15, 0.2) is 0 Å². The Bertz CT molecular complexity index is 1050. The van der Waals surface area contributed by atoms with E-state index in [0.717, 1.165) is 18.5 Å². The Hall–Kier alpha value is -3.27. The van der Waals surface area contributed by atoms with Crippen molar-refractivity contribution in [3.8, 4) is 0 Å². The van der Waals surface area contributed by atoms with Gasteiger partial charge in [-0.3, -0.25) is 15.1 Å². The molecule has 2 aromatic rings. The van der Waals surface area contributed by atoms with E-state index in [2.05, 4.69) is 48.6 Å². The van der Waals surface area contributed by atoms with Gasteiger partial charge in [-0.2, -0.15) is 0 Å². The second kappa shape index (κ2) is 6.71. The van der Waals surface area contributed by atoms with E-state index in [-0.39, 0.29) is 22.4 Å². The van der Waals surface area contributed by atoms with E-state index < -0.39 is 0 Å². The summed E-state index contributed by atoms with van der Waals surface area (Å²) in [6, 6.07) is 17.6. The Morgan fingerprint density at radius 1 is 1.00 bits per heavy atom. The lowest BCUT2D eigenvalue weighted by atomic mass is 9.63. The number of benzene rings is 2. The van der Waals surface area contributed by atoms with Crippen molar-refractivity contribution in [1.29, 1.82) is 0 Å². The lowest BCUT2D eigenvalue weighted by Crippen LogP contribution is -2.33. The average Bonchev–Trinajstić information content (AvgIpc) is 3.21. The molecule has 0 bridgehead atoms. The molecular formula is C24H20N2O2. The summed E-state index contributed by atoms with van der Waals surface area (Å²) in [7, 11) is 0. The van der Waals surface area contributed by atoms with E-state index in [1.165, 1.54) is 22.4 Å². The first-order valence-corrected chi connectivity index (χ1v) is 9.67. The van der Waals surface area contributed by atoms with Gasteiger partial charge < -0.3 is 0 Å². The molecule has 5 rings (SSSR count). The molecule has 28 heavy (non-hydrogen) atoms. The first-order valence-electron chi connectivity index (χ1n) is 9.67. The summed E-state index contributed by atoms with van der Waals surface area (Å²) >= 11 is 0. The smallest absolute Gasteiger partial charge is 0.269 e. The number of nitrogens with zero attached hydrogens (tertiary/aromatic N) is 2. The Kier molecular flexibility index (Phi) is 4.05. The predicted molar refractivity (Wildman–Crippen MR) is 111 cm³/mol. The first kappa shape index (κ1) is 16.9. The van der Waals surface area contributed by atoms with Crippen LogP contribution in [0, 0.1) is 22.0 Å². The molecule has 2 aliphatic carbocycles. The van der Waals surface area contributed by atoms with Crippen molar-refractivity contribution in [3.05, 3.63) is 106 Å². The van der Waals surface area contributed by atoms with Gasteiger partial charge in [-0.1, -0.05) is 66.8 Å². The van der Waals surface area contributed by atoms with Gasteiger partial charge in [0.25, 0.3) is 5.69 Å². The molecule has 3 unspecified atom stereocenters. The predicted octanol–water partition coefficient (Wildman–Crippen LogP) is 5.35. The average molecular weight is 368 g/mol. The van der Waals surface area contributed by atoms with E-state index in [0.29, 0.717) is 5.92 Å². The number of hydrogen-bond acceptors (Lipinski definition) is 3. The molecule has 138 valence electrons. The third kappa shape index (κ3) is 2.64. The van der Waals surface area contributed by atoms with Crippen molar-refractivity contribution in [2.24, 2.45) is 16.8 Å². The molecule has 0 saturated heterocycles. The highest BCUT2D eigenvalue weighted by Crippen LogP contribution is 2.51. The summed E-state index contributed by atoms with van der Waals surface area (Å²) in [6.07, 6.45) is 9.72. The van der Waals surface area contributed by atoms with E-state index in [1.807, 2.05) is 18.2 Å². The van der Waals surface area contributed by atoms with E-state index >= 15 is 0 Å². The molecule has 1 aliphatic heterocycles. The molecule has 0 amide bonds. The molecule has 0 N–H and O–H groups in total. The SMILES string of the molecule is O=[N+]([O-])c1ccc(C2C3C=CC=CC3=C(c3ccccc3)C3=NCCC32)cc1. The normalized spacial score (nSPS) is 25.3. The van der Waals surface area contributed by atoms with Crippen LogP contribution in [0.3, 0.4) is 0 Å². The van der Waals surface area contributed by atoms with Crippen LogP contribution in [0.15, 0.2) is 89.5 Å². The van der Waals surface area contributed by atoms with Crippen LogP contribution >= 0.6 is 0 Å². The van der Waals surface area contributed by atoms with Crippen molar-refractivity contribution in [1.82, 2.24) is 0 Å². The second-order valence-electron chi connectivity index (χ2n) is 7.50. The minimum absolute atomic E-state index is 0.139. The van der Waals surface area contributed by atoms with Gasteiger partial charge in [0.05, 0.1) is 4.92 Å². The number of hydrogen-bond donors (Lipinski definition) is 0. The monoisotopic (exact) mass is 368 g/mol. The van der Waals surface area contributed by atoms with E-state index in [9.17, 15) is 10.1 Å². The van der Waals surface area contributed by atoms with Crippen LogP contribution in [0.1, 0.15) is 23.5 Å². The van der Waals surface area contributed by atoms with Gasteiger partial charge in [-0.25, -0.2) is 0 Å². The molecule has 0 radical (unpaired) electrons. The van der Waals surface area contributed by atoms with Gasteiger partial charge in [0, 0.05) is 47.7 Å². The van der Waals surface area contributed by atoms with Gasteiger partial charge in [0.2, 0.25) is 0 Å². The third-order valence-corrected chi connectivity index (χ3v) is 6.05. The maximum absolute atomic E-state index is 11.1. The molecule has 1 heterocycles. The molecule has 0 spiro atoms. The quantitative estimate of drug-likeness (QED) is 0.542. The van der Waals surface area contributed by atoms with Gasteiger partial charge in [0.1, 0.15) is 0 Å². The summed E-state index contributed by atoms with van der Waals surface area (Å²) in [5, 5.41) is 11.1. The number of non-ortho nitro benzene ring substituents is 1. The molecular weight excluding hydrogens is 348 g/mol. The molecule has 2 aromatic carbocycles. The topological polar surface area (TPSA) is 55.5 Å². The standard InChI is InChI=1S/C24H20N2O2/c27-26(28)18-12-10-17(11-13-18)22-19-8-4-5-9-20(19)23(16-6-2-1-3-7-16)24-21(22)14-15-25-24/h1-13,19,21-22H,14-15H2. The summed E-state index contributed by atoms with van der Waals surface area (Å²) in [6.45, 7) is 0.841. The lowest BCUT2D eigenvalue weighted by Gasteiger charge is -2.39. The lowest BCUT2D eigenvalue weighted by molar-refractivity contribution is -0.384. The summed E-state index contributed by atoms with van der Waals surface area (Å²) in [4.78, 5) is 15.6. The van der Waals surface area contributed by atoms with E-state index in [1.54, 1.807) is 12.1 Å². The van der Waals surface area contributed by atoms with Crippen LogP contribution in [-0.4, -0.2) is 17.2 Å². The van der Waals surface area contributed by atoms with Crippen LogP contribution in [0.2, 0.25) is 0 Å². The number of nitro groups is 1. The fourth-order valence-corrected chi connectivity index (χ4v) is 4.89. The largest absolute Gasteiger partial charge is 0.289 e. The number of nitro benzene ring substituents is 1. The summed E-state index contributed by atoms with van der Waals surface area (Å²) in [5.41, 5.74) is 6.27. The van der Waals surface area contributed by atoms with Gasteiger partial charge in [-0.15, -0.1) is 0 Å². The van der Waals surface area contributed by atoms with Crippen molar-refractivity contribution >= 4 is 17.0 Å². The molecule has 4 nitrogen and oxygen atoms in total. The van der Waals surface area contributed by atoms with Crippen LogP contribution in [0.4, 0.5) is 5.69 Å². The molecule has 0 fully saturated rings. The third-order valence-electron chi connectivity index (χ3n) is 6.05. The Morgan fingerprint density at radius 3 is 2.54 bits per heavy atom. The van der Waals surface area contributed by atoms with Crippen LogP contribution < -0.4 is 0 Å². The van der Waals surface area contributed by atoms with Gasteiger partial charge >= 0.3 is 0 Å². The zero-order valence-electron chi connectivity index (χ0n) is 15.4. The molecule has 3 atom stereocenters. The zero-order valence-corrected chi connectivity index (χ0v) is 15.4. The minimum Gasteiger partial charge on any atom is -0.289 e. The summed E-state index contributed by atoms with van der Waals surface area (Å²) < 4.78 is 0. The molecule has 3 aliphatic rings. The van der Waals surface area contributed by atoms with Crippen LogP contribution in [0.5, 0.6) is 0 Å². The van der Waals surface area contributed by atoms with Crippen molar-refractivity contribution < 1.29 is 4.92 Å². The fourth-order valence-electron chi connectivity index (χ4n) is 4.89. The van der Waals surface area contributed by atoms with Crippen LogP contribution in [-0.2, 0) is 0 Å². The maximum atomic E-state index is 11.1. The zero-order chi connectivity index (χ0) is 19.1. The van der Waals surface area contributed by atoms with Crippen molar-refractivity contribution in [3.63, 3.8) is 0 Å². The highest BCUT2D eigenvalue weighted by atomic mass is 16.6. The first-order chi connectivity index (χ1) is 13.7. The number of aliphatic imine (C=N–C) groups is 1. The van der Waals surface area contributed by atoms with Crippen molar-refractivity contribution in [2.45, 2.75) is 12.3 Å². The Balaban J connectivity index is 1.67. The Labute approximate surface area is 163 Å². The van der Waals surface area contributed by atoms with Crippen LogP contribution in [0.25, 0.3) is 5.57 Å². The van der Waals surface area contributed by atoms with E-state index in [4.69, 9.17) is 4.99 Å². The Morgan fingerprint density at radius 2 is 1.79 bits per heavy atom. The minimum atomic E-state index is -0.338. The van der Waals surface area contributed by atoms with Gasteiger partial charge in [-0.05, 0) is 23.1 Å². The highest BCUT2D eigenvalue weighted by Gasteiger charge is 2.43. The second-order valence-corrected chi connectivity index (χ2v) is 7.50. The highest BCUT2D eigenvalue weighted by molar-refractivity contribution is 6.28.